The number of hydrogen-bond donors (Lipinski definition) is 1. The van der Waals surface area contributed by atoms with E-state index in [0.29, 0.717) is 5.82 Å². The lowest BCUT2D eigenvalue weighted by Crippen LogP contribution is -2.28. The van der Waals surface area contributed by atoms with Crippen molar-refractivity contribution in [2.45, 2.75) is 30.6 Å². The molecule has 3 nitrogen and oxygen atoms in total. The standard InChI is InChI=1S/C13H21N3S2/c1-16(13-11(17-2)12(14)15-18-13)7-10-6-8-3-4-9(10)5-8/h8-10H,3-7H2,1-2H3,(H2,14,15). The van der Waals surface area contributed by atoms with Crippen molar-refractivity contribution in [1.82, 2.24) is 4.37 Å². The Kier molecular flexibility index (Phi) is 3.45. The van der Waals surface area contributed by atoms with Crippen molar-refractivity contribution >= 4 is 34.1 Å². The predicted octanol–water partition coefficient (Wildman–Crippen LogP) is 3.32. The Morgan fingerprint density at radius 3 is 2.89 bits per heavy atom. The minimum Gasteiger partial charge on any atom is -0.382 e. The van der Waals surface area contributed by atoms with Gasteiger partial charge in [-0.1, -0.05) is 6.42 Å². The van der Waals surface area contributed by atoms with E-state index in [1.165, 1.54) is 37.2 Å². The van der Waals surface area contributed by atoms with E-state index < -0.39 is 0 Å². The summed E-state index contributed by atoms with van der Waals surface area (Å²) in [5.74, 6) is 3.61. The van der Waals surface area contributed by atoms with Gasteiger partial charge in [0, 0.05) is 13.6 Å². The number of aromatic nitrogens is 1. The van der Waals surface area contributed by atoms with E-state index in [1.54, 1.807) is 23.3 Å². The number of hydrogen-bond acceptors (Lipinski definition) is 5. The highest BCUT2D eigenvalue weighted by molar-refractivity contribution is 7.99. The van der Waals surface area contributed by atoms with E-state index >= 15 is 0 Å². The molecule has 2 aliphatic rings. The van der Waals surface area contributed by atoms with Gasteiger partial charge in [0.25, 0.3) is 0 Å². The number of nitrogens with zero attached hydrogens (tertiary/aromatic N) is 2. The van der Waals surface area contributed by atoms with E-state index in [0.717, 1.165) is 22.6 Å². The second kappa shape index (κ2) is 4.93. The molecule has 1 heterocycles. The van der Waals surface area contributed by atoms with Crippen LogP contribution in [0.3, 0.4) is 0 Å². The molecular weight excluding hydrogens is 262 g/mol. The smallest absolute Gasteiger partial charge is 0.153 e. The maximum Gasteiger partial charge on any atom is 0.153 e. The molecule has 100 valence electrons. The molecule has 2 fully saturated rings. The molecule has 1 aromatic rings. The van der Waals surface area contributed by atoms with Crippen molar-refractivity contribution in [2.24, 2.45) is 17.8 Å². The molecule has 2 bridgehead atoms. The van der Waals surface area contributed by atoms with Gasteiger partial charge < -0.3 is 10.6 Å². The van der Waals surface area contributed by atoms with E-state index in [2.05, 4.69) is 22.6 Å². The zero-order valence-corrected chi connectivity index (χ0v) is 12.7. The summed E-state index contributed by atoms with van der Waals surface area (Å²) in [6.07, 6.45) is 7.95. The van der Waals surface area contributed by atoms with Gasteiger partial charge in [-0.3, -0.25) is 0 Å². The van der Waals surface area contributed by atoms with Gasteiger partial charge >= 0.3 is 0 Å². The van der Waals surface area contributed by atoms with Crippen molar-refractivity contribution in [2.75, 3.05) is 30.5 Å². The SMILES string of the molecule is CSc1c(N)nsc1N(C)CC1CC2CCC1C2. The minimum atomic E-state index is 0.697. The highest BCUT2D eigenvalue weighted by atomic mass is 32.2. The number of fused-ring (bicyclic) bond motifs is 2. The summed E-state index contributed by atoms with van der Waals surface area (Å²) in [4.78, 5) is 3.54. The summed E-state index contributed by atoms with van der Waals surface area (Å²) in [5, 5.41) is 1.25. The van der Waals surface area contributed by atoms with Crippen LogP contribution >= 0.6 is 23.3 Å². The predicted molar refractivity (Wildman–Crippen MR) is 80.5 cm³/mol. The third-order valence-electron chi connectivity index (χ3n) is 4.60. The molecule has 2 saturated carbocycles. The number of nitrogen functional groups attached to an aromatic ring is 1. The molecule has 1 aromatic heterocycles. The van der Waals surface area contributed by atoms with Crippen LogP contribution in [0.5, 0.6) is 0 Å². The van der Waals surface area contributed by atoms with Crippen molar-refractivity contribution in [1.29, 1.82) is 0 Å². The lowest BCUT2D eigenvalue weighted by atomic mass is 9.88. The van der Waals surface area contributed by atoms with Crippen LogP contribution in [0.1, 0.15) is 25.7 Å². The van der Waals surface area contributed by atoms with Crippen molar-refractivity contribution < 1.29 is 0 Å². The molecular formula is C13H21N3S2. The molecule has 0 aromatic carbocycles. The fourth-order valence-electron chi connectivity index (χ4n) is 3.75. The zero-order valence-electron chi connectivity index (χ0n) is 11.1. The quantitative estimate of drug-likeness (QED) is 0.861. The fourth-order valence-corrected chi connectivity index (χ4v) is 5.44. The van der Waals surface area contributed by atoms with Crippen molar-refractivity contribution in [3.63, 3.8) is 0 Å². The molecule has 3 unspecified atom stereocenters. The van der Waals surface area contributed by atoms with E-state index in [-0.39, 0.29) is 0 Å². The van der Waals surface area contributed by atoms with Crippen LogP contribution in [0.15, 0.2) is 4.90 Å². The molecule has 0 aliphatic heterocycles. The van der Waals surface area contributed by atoms with Crippen LogP contribution in [0, 0.1) is 17.8 Å². The van der Waals surface area contributed by atoms with Gasteiger partial charge in [0.1, 0.15) is 5.00 Å². The summed E-state index contributed by atoms with van der Waals surface area (Å²) in [5.41, 5.74) is 5.91. The van der Waals surface area contributed by atoms with Crippen LogP contribution in [0.25, 0.3) is 0 Å². The summed E-state index contributed by atoms with van der Waals surface area (Å²) in [7, 11) is 2.19. The number of thioether (sulfide) groups is 1. The zero-order chi connectivity index (χ0) is 12.7. The average molecular weight is 283 g/mol. The van der Waals surface area contributed by atoms with E-state index in [4.69, 9.17) is 5.73 Å². The Balaban J connectivity index is 1.69. The van der Waals surface area contributed by atoms with Gasteiger partial charge in [-0.25, -0.2) is 0 Å². The van der Waals surface area contributed by atoms with Gasteiger partial charge in [0.2, 0.25) is 0 Å². The lowest BCUT2D eigenvalue weighted by Gasteiger charge is -2.27. The lowest BCUT2D eigenvalue weighted by molar-refractivity contribution is 0.337. The Bertz CT molecular complexity index is 432. The second-order valence-electron chi connectivity index (χ2n) is 5.72. The first kappa shape index (κ1) is 12.6. The van der Waals surface area contributed by atoms with Gasteiger partial charge in [0.15, 0.2) is 5.82 Å². The molecule has 5 heteroatoms. The molecule has 2 N–H and O–H groups in total. The van der Waals surface area contributed by atoms with Crippen LogP contribution < -0.4 is 10.6 Å². The molecule has 2 aliphatic carbocycles. The van der Waals surface area contributed by atoms with Crippen molar-refractivity contribution in [3.05, 3.63) is 0 Å². The molecule has 0 amide bonds. The molecule has 3 rings (SSSR count). The van der Waals surface area contributed by atoms with Crippen LogP contribution in [-0.4, -0.2) is 24.2 Å². The maximum absolute atomic E-state index is 5.91. The highest BCUT2D eigenvalue weighted by Crippen LogP contribution is 2.49. The Labute approximate surface area is 117 Å². The minimum absolute atomic E-state index is 0.697. The van der Waals surface area contributed by atoms with Gasteiger partial charge in [-0.05, 0) is 54.8 Å². The monoisotopic (exact) mass is 283 g/mol. The number of anilines is 2. The van der Waals surface area contributed by atoms with Gasteiger partial charge in [-0.15, -0.1) is 11.8 Å². The topological polar surface area (TPSA) is 42.1 Å². The maximum atomic E-state index is 5.91. The fraction of sp³-hybridized carbons (Fsp3) is 0.769. The molecule has 0 spiro atoms. The molecule has 3 atom stereocenters. The largest absolute Gasteiger partial charge is 0.382 e. The van der Waals surface area contributed by atoms with Crippen LogP contribution in [0.2, 0.25) is 0 Å². The first-order chi connectivity index (χ1) is 8.69. The summed E-state index contributed by atoms with van der Waals surface area (Å²) >= 11 is 3.25. The number of nitrogens with two attached hydrogens (primary N) is 1. The summed E-state index contributed by atoms with van der Waals surface area (Å²) < 4.78 is 4.29. The third-order valence-corrected chi connectivity index (χ3v) is 6.52. The second-order valence-corrected chi connectivity index (χ2v) is 7.29. The number of rotatable bonds is 4. The van der Waals surface area contributed by atoms with Gasteiger partial charge in [-0.2, -0.15) is 4.37 Å². The Morgan fingerprint density at radius 2 is 2.28 bits per heavy atom. The van der Waals surface area contributed by atoms with Crippen molar-refractivity contribution in [3.8, 4) is 0 Å². The molecule has 0 saturated heterocycles. The first-order valence-electron chi connectivity index (χ1n) is 6.69. The highest BCUT2D eigenvalue weighted by Gasteiger charge is 2.39. The Morgan fingerprint density at radius 1 is 1.44 bits per heavy atom. The van der Waals surface area contributed by atoms with Crippen LogP contribution in [-0.2, 0) is 0 Å². The normalized spacial score (nSPS) is 30.0. The first-order valence-corrected chi connectivity index (χ1v) is 8.69. The average Bonchev–Trinajstić information content (AvgIpc) is 3.03. The summed E-state index contributed by atoms with van der Waals surface area (Å²) in [6, 6.07) is 0. The molecule has 0 radical (unpaired) electrons. The summed E-state index contributed by atoms with van der Waals surface area (Å²) in [6.45, 7) is 1.18. The van der Waals surface area contributed by atoms with E-state index in [9.17, 15) is 0 Å². The van der Waals surface area contributed by atoms with Gasteiger partial charge in [0.05, 0.1) is 4.90 Å². The third kappa shape index (κ3) is 2.11. The molecule has 18 heavy (non-hydrogen) atoms. The Hall–Kier alpha value is -0.420. The van der Waals surface area contributed by atoms with Crippen LogP contribution in [0.4, 0.5) is 10.8 Å². The van der Waals surface area contributed by atoms with E-state index in [1.807, 2.05) is 0 Å².